The lowest BCUT2D eigenvalue weighted by Gasteiger charge is -2.09. The van der Waals surface area contributed by atoms with E-state index >= 15 is 0 Å². The summed E-state index contributed by atoms with van der Waals surface area (Å²) in [5.41, 5.74) is 5.80. The smallest absolute Gasteiger partial charge is 0.164 e. The van der Waals surface area contributed by atoms with Crippen molar-refractivity contribution in [1.29, 1.82) is 5.26 Å². The van der Waals surface area contributed by atoms with Crippen molar-refractivity contribution in [2.75, 3.05) is 12.5 Å². The molecule has 1 heterocycles. The van der Waals surface area contributed by atoms with Crippen LogP contribution in [0.5, 0.6) is 0 Å². The van der Waals surface area contributed by atoms with Crippen LogP contribution in [0.15, 0.2) is 39.9 Å². The van der Waals surface area contributed by atoms with Crippen molar-refractivity contribution in [3.63, 3.8) is 0 Å². The van der Waals surface area contributed by atoms with Crippen LogP contribution in [0, 0.1) is 18.3 Å². The molecule has 0 aliphatic heterocycles. The SMILES string of the molecule is COCc1cc(C)nc(NN=Cc2cccc(Br)c2)c1C#N. The van der Waals surface area contributed by atoms with Gasteiger partial charge in [-0.1, -0.05) is 28.1 Å². The van der Waals surface area contributed by atoms with Gasteiger partial charge in [-0.05, 0) is 30.7 Å². The highest BCUT2D eigenvalue weighted by molar-refractivity contribution is 9.10. The number of aryl methyl sites for hydroxylation is 1. The highest BCUT2D eigenvalue weighted by Gasteiger charge is 2.10. The monoisotopic (exact) mass is 358 g/mol. The number of ether oxygens (including phenoxy) is 1. The fourth-order valence-electron chi connectivity index (χ4n) is 1.97. The Hall–Kier alpha value is -2.23. The molecule has 6 heteroatoms. The summed E-state index contributed by atoms with van der Waals surface area (Å²) in [5, 5.41) is 13.5. The van der Waals surface area contributed by atoms with Gasteiger partial charge in [0.2, 0.25) is 0 Å². The van der Waals surface area contributed by atoms with Gasteiger partial charge in [-0.3, -0.25) is 5.43 Å². The molecule has 0 unspecified atom stereocenters. The lowest BCUT2D eigenvalue weighted by atomic mass is 10.1. The van der Waals surface area contributed by atoms with Crippen LogP contribution in [0.4, 0.5) is 5.82 Å². The Morgan fingerprint density at radius 3 is 2.95 bits per heavy atom. The molecule has 1 aromatic carbocycles. The number of anilines is 1. The quantitative estimate of drug-likeness (QED) is 0.654. The molecule has 112 valence electrons. The zero-order chi connectivity index (χ0) is 15.9. The van der Waals surface area contributed by atoms with E-state index in [1.165, 1.54) is 0 Å². The average molecular weight is 359 g/mol. The highest BCUT2D eigenvalue weighted by atomic mass is 79.9. The molecule has 2 aromatic rings. The van der Waals surface area contributed by atoms with Gasteiger partial charge >= 0.3 is 0 Å². The zero-order valence-electron chi connectivity index (χ0n) is 12.3. The van der Waals surface area contributed by atoms with E-state index < -0.39 is 0 Å². The van der Waals surface area contributed by atoms with E-state index in [9.17, 15) is 5.26 Å². The van der Waals surface area contributed by atoms with Crippen LogP contribution in [-0.4, -0.2) is 18.3 Å². The Balaban J connectivity index is 2.24. The van der Waals surface area contributed by atoms with Gasteiger partial charge in [-0.25, -0.2) is 4.98 Å². The van der Waals surface area contributed by atoms with Gasteiger partial charge in [0.15, 0.2) is 5.82 Å². The van der Waals surface area contributed by atoms with E-state index in [-0.39, 0.29) is 0 Å². The van der Waals surface area contributed by atoms with Crippen LogP contribution in [0.3, 0.4) is 0 Å². The minimum Gasteiger partial charge on any atom is -0.380 e. The number of halogens is 1. The number of rotatable bonds is 5. The topological polar surface area (TPSA) is 70.3 Å². The van der Waals surface area contributed by atoms with E-state index in [0.717, 1.165) is 21.3 Å². The van der Waals surface area contributed by atoms with E-state index in [0.29, 0.717) is 18.0 Å². The number of nitriles is 1. The number of aromatic nitrogens is 1. The number of hydrazone groups is 1. The summed E-state index contributed by atoms with van der Waals surface area (Å²) in [6.45, 7) is 2.22. The number of nitrogens with one attached hydrogen (secondary N) is 1. The van der Waals surface area contributed by atoms with Crippen LogP contribution >= 0.6 is 15.9 Å². The van der Waals surface area contributed by atoms with Crippen LogP contribution in [0.1, 0.15) is 22.4 Å². The molecule has 0 spiro atoms. The Bertz CT molecular complexity index is 737. The number of hydrogen-bond donors (Lipinski definition) is 1. The maximum absolute atomic E-state index is 9.33. The van der Waals surface area contributed by atoms with Crippen molar-refractivity contribution in [3.8, 4) is 6.07 Å². The number of pyridine rings is 1. The van der Waals surface area contributed by atoms with Gasteiger partial charge < -0.3 is 4.74 Å². The minimum absolute atomic E-state index is 0.357. The summed E-state index contributed by atoms with van der Waals surface area (Å²) in [5.74, 6) is 0.431. The molecule has 2 rings (SSSR count). The number of nitrogens with zero attached hydrogens (tertiary/aromatic N) is 3. The third-order valence-corrected chi connectivity index (χ3v) is 3.37. The first kappa shape index (κ1) is 16.1. The van der Waals surface area contributed by atoms with Gasteiger partial charge in [0.25, 0.3) is 0 Å². The summed E-state index contributed by atoms with van der Waals surface area (Å²) in [6, 6.07) is 11.7. The molecule has 0 amide bonds. The molecule has 0 atom stereocenters. The van der Waals surface area contributed by atoms with Crippen LogP contribution in [0.2, 0.25) is 0 Å². The van der Waals surface area contributed by atoms with Crippen molar-refractivity contribution < 1.29 is 4.74 Å². The Morgan fingerprint density at radius 1 is 1.45 bits per heavy atom. The van der Waals surface area contributed by atoms with E-state index in [1.54, 1.807) is 13.3 Å². The minimum atomic E-state index is 0.357. The van der Waals surface area contributed by atoms with Gasteiger partial charge in [0, 0.05) is 22.8 Å². The standard InChI is InChI=1S/C16H15BrN4O/c1-11-6-13(10-22-2)15(8-18)16(20-11)21-19-9-12-4-3-5-14(17)7-12/h3-7,9H,10H2,1-2H3,(H,20,21). The average Bonchev–Trinajstić information content (AvgIpc) is 2.47. The molecule has 0 aliphatic carbocycles. The lowest BCUT2D eigenvalue weighted by molar-refractivity contribution is 0.184. The third-order valence-electron chi connectivity index (χ3n) is 2.87. The highest BCUT2D eigenvalue weighted by Crippen LogP contribution is 2.19. The predicted octanol–water partition coefficient (Wildman–Crippen LogP) is 3.62. The summed E-state index contributed by atoms with van der Waals surface area (Å²) in [6.07, 6.45) is 1.67. The molecule has 0 fully saturated rings. The molecule has 1 aromatic heterocycles. The summed E-state index contributed by atoms with van der Waals surface area (Å²) < 4.78 is 6.09. The van der Waals surface area contributed by atoms with Gasteiger partial charge in [-0.2, -0.15) is 10.4 Å². The first-order valence-corrected chi connectivity index (χ1v) is 7.37. The van der Waals surface area contributed by atoms with Crippen LogP contribution in [0.25, 0.3) is 0 Å². The molecule has 0 radical (unpaired) electrons. The van der Waals surface area contributed by atoms with Gasteiger partial charge in [0.1, 0.15) is 11.6 Å². The third kappa shape index (κ3) is 4.13. The number of benzene rings is 1. The first-order chi connectivity index (χ1) is 10.6. The maximum Gasteiger partial charge on any atom is 0.164 e. The molecule has 0 bridgehead atoms. The van der Waals surface area contributed by atoms with Crippen LogP contribution < -0.4 is 5.43 Å². The van der Waals surface area contributed by atoms with Crippen molar-refractivity contribution in [1.82, 2.24) is 4.98 Å². The molecule has 0 saturated heterocycles. The van der Waals surface area contributed by atoms with Crippen molar-refractivity contribution >= 4 is 28.0 Å². The van der Waals surface area contributed by atoms with E-state index in [4.69, 9.17) is 4.74 Å². The molecule has 1 N–H and O–H groups in total. The largest absolute Gasteiger partial charge is 0.380 e. The second-order valence-corrected chi connectivity index (χ2v) is 5.53. The fourth-order valence-corrected chi connectivity index (χ4v) is 2.39. The molecule has 5 nitrogen and oxygen atoms in total. The van der Waals surface area contributed by atoms with Crippen molar-refractivity contribution in [3.05, 3.63) is 57.2 Å². The number of methoxy groups -OCH3 is 1. The molecule has 22 heavy (non-hydrogen) atoms. The van der Waals surface area contributed by atoms with Gasteiger partial charge in [0.05, 0.1) is 12.8 Å². The van der Waals surface area contributed by atoms with Gasteiger partial charge in [-0.15, -0.1) is 0 Å². The summed E-state index contributed by atoms with van der Waals surface area (Å²) in [7, 11) is 1.59. The fraction of sp³-hybridized carbons (Fsp3) is 0.188. The molecular formula is C16H15BrN4O. The molecular weight excluding hydrogens is 344 g/mol. The Morgan fingerprint density at radius 2 is 2.27 bits per heavy atom. The molecule has 0 aliphatic rings. The Labute approximate surface area is 137 Å². The molecule has 0 saturated carbocycles. The first-order valence-electron chi connectivity index (χ1n) is 6.58. The van der Waals surface area contributed by atoms with Crippen LogP contribution in [-0.2, 0) is 11.3 Å². The van der Waals surface area contributed by atoms with E-state index in [2.05, 4.69) is 37.5 Å². The Kier molecular flexibility index (Phi) is 5.64. The summed E-state index contributed by atoms with van der Waals surface area (Å²) in [4.78, 5) is 4.32. The maximum atomic E-state index is 9.33. The van der Waals surface area contributed by atoms with Crippen molar-refractivity contribution in [2.24, 2.45) is 5.10 Å². The second-order valence-electron chi connectivity index (χ2n) is 4.62. The van der Waals surface area contributed by atoms with E-state index in [1.807, 2.05) is 37.3 Å². The normalized spacial score (nSPS) is 10.6. The predicted molar refractivity (Wildman–Crippen MR) is 89.8 cm³/mol. The van der Waals surface area contributed by atoms with Crippen molar-refractivity contribution in [2.45, 2.75) is 13.5 Å². The number of hydrogen-bond acceptors (Lipinski definition) is 5. The lowest BCUT2D eigenvalue weighted by Crippen LogP contribution is -2.03. The summed E-state index contributed by atoms with van der Waals surface area (Å²) >= 11 is 3.41. The zero-order valence-corrected chi connectivity index (χ0v) is 13.9. The second kappa shape index (κ2) is 7.69.